The summed E-state index contributed by atoms with van der Waals surface area (Å²) in [6.07, 6.45) is 6.74. The first kappa shape index (κ1) is 13.6. The first-order valence-electron chi connectivity index (χ1n) is 6.61. The molecule has 1 heterocycles. The average molecular weight is 257 g/mol. The first-order chi connectivity index (χ1) is 9.19. The summed E-state index contributed by atoms with van der Waals surface area (Å²) in [5.74, 6) is 5.55. The molecule has 1 fully saturated rings. The van der Waals surface area contributed by atoms with E-state index in [9.17, 15) is 4.79 Å². The molecule has 0 bridgehead atoms. The monoisotopic (exact) mass is 257 g/mol. The quantitative estimate of drug-likeness (QED) is 0.799. The summed E-state index contributed by atoms with van der Waals surface area (Å²) in [6, 6.07) is 1.75. The van der Waals surface area contributed by atoms with Gasteiger partial charge < -0.3 is 11.1 Å². The molecule has 0 unspecified atom stereocenters. The lowest BCUT2D eigenvalue weighted by molar-refractivity contribution is 0.0944. The fraction of sp³-hybridized carbons (Fsp3) is 0.467. The van der Waals surface area contributed by atoms with Crippen LogP contribution in [0.25, 0.3) is 0 Å². The van der Waals surface area contributed by atoms with Gasteiger partial charge in [0.15, 0.2) is 0 Å². The van der Waals surface area contributed by atoms with Crippen molar-refractivity contribution in [2.45, 2.75) is 26.2 Å². The fourth-order valence-electron chi connectivity index (χ4n) is 1.99. The number of nitrogens with zero attached hydrogens (tertiary/aromatic N) is 1. The lowest BCUT2D eigenvalue weighted by atomic mass is 10.0. The minimum absolute atomic E-state index is 0.0800. The molecular formula is C15H19N3O. The highest BCUT2D eigenvalue weighted by atomic mass is 16.1. The second kappa shape index (κ2) is 5.85. The highest BCUT2D eigenvalue weighted by Gasteiger charge is 2.40. The van der Waals surface area contributed by atoms with Gasteiger partial charge in [-0.1, -0.05) is 18.8 Å². The third kappa shape index (κ3) is 3.55. The van der Waals surface area contributed by atoms with Crippen LogP contribution in [0.2, 0.25) is 0 Å². The van der Waals surface area contributed by atoms with Gasteiger partial charge >= 0.3 is 0 Å². The zero-order valence-electron chi connectivity index (χ0n) is 11.2. The summed E-state index contributed by atoms with van der Waals surface area (Å²) in [5.41, 5.74) is 6.93. The van der Waals surface area contributed by atoms with Gasteiger partial charge in [-0.05, 0) is 30.7 Å². The third-order valence-corrected chi connectivity index (χ3v) is 3.67. The van der Waals surface area contributed by atoms with Crippen molar-refractivity contribution < 1.29 is 4.79 Å². The normalized spacial score (nSPS) is 15.3. The number of nitrogens with two attached hydrogens (primary N) is 1. The van der Waals surface area contributed by atoms with Gasteiger partial charge in [0.1, 0.15) is 0 Å². The van der Waals surface area contributed by atoms with Crippen LogP contribution in [0, 0.1) is 17.3 Å². The summed E-state index contributed by atoms with van der Waals surface area (Å²) in [5, 5.41) is 2.98. The Morgan fingerprint density at radius 2 is 2.32 bits per heavy atom. The molecule has 4 heteroatoms. The Morgan fingerprint density at radius 1 is 1.53 bits per heavy atom. The van der Waals surface area contributed by atoms with Crippen LogP contribution in [0.5, 0.6) is 0 Å². The zero-order valence-corrected chi connectivity index (χ0v) is 11.2. The number of aromatic nitrogens is 1. The number of carbonyl (C=O) groups excluding carboxylic acids is 1. The van der Waals surface area contributed by atoms with E-state index in [0.717, 1.165) is 18.5 Å². The van der Waals surface area contributed by atoms with Crippen molar-refractivity contribution in [3.8, 4) is 11.8 Å². The van der Waals surface area contributed by atoms with Gasteiger partial charge in [0.2, 0.25) is 0 Å². The van der Waals surface area contributed by atoms with Gasteiger partial charge in [0.05, 0.1) is 12.1 Å². The van der Waals surface area contributed by atoms with E-state index in [1.807, 2.05) is 0 Å². The van der Waals surface area contributed by atoms with Gasteiger partial charge in [-0.2, -0.15) is 0 Å². The van der Waals surface area contributed by atoms with E-state index >= 15 is 0 Å². The van der Waals surface area contributed by atoms with E-state index in [1.165, 1.54) is 12.8 Å². The molecule has 19 heavy (non-hydrogen) atoms. The summed E-state index contributed by atoms with van der Waals surface area (Å²) in [7, 11) is 0. The molecule has 4 nitrogen and oxygen atoms in total. The summed E-state index contributed by atoms with van der Waals surface area (Å²) in [4.78, 5) is 16.1. The maximum absolute atomic E-state index is 12.0. The van der Waals surface area contributed by atoms with Gasteiger partial charge in [-0.25, -0.2) is 0 Å². The summed E-state index contributed by atoms with van der Waals surface area (Å²) >= 11 is 0. The van der Waals surface area contributed by atoms with Gasteiger partial charge in [-0.15, -0.1) is 0 Å². The molecule has 1 aromatic heterocycles. The Balaban J connectivity index is 1.98. The molecule has 0 saturated heterocycles. The number of hydrogen-bond donors (Lipinski definition) is 2. The van der Waals surface area contributed by atoms with E-state index < -0.39 is 0 Å². The molecule has 1 aliphatic carbocycles. The lowest BCUT2D eigenvalue weighted by Crippen LogP contribution is -2.30. The molecule has 1 aromatic rings. The van der Waals surface area contributed by atoms with Crippen LogP contribution >= 0.6 is 0 Å². The van der Waals surface area contributed by atoms with Crippen LogP contribution in [0.4, 0.5) is 0 Å². The Hall–Kier alpha value is -1.86. The Bertz CT molecular complexity index is 524. The van der Waals surface area contributed by atoms with E-state index in [0.29, 0.717) is 17.5 Å². The lowest BCUT2D eigenvalue weighted by Gasteiger charge is -2.13. The van der Waals surface area contributed by atoms with Crippen LogP contribution in [0.3, 0.4) is 0 Å². The number of rotatable bonds is 4. The molecule has 2 rings (SSSR count). The van der Waals surface area contributed by atoms with E-state index in [4.69, 9.17) is 5.73 Å². The van der Waals surface area contributed by atoms with Gasteiger partial charge in [-0.3, -0.25) is 9.78 Å². The predicted molar refractivity (Wildman–Crippen MR) is 74.5 cm³/mol. The predicted octanol–water partition coefficient (Wildman–Crippen LogP) is 1.31. The first-order valence-corrected chi connectivity index (χ1v) is 6.61. The Kier molecular flexibility index (Phi) is 4.18. The van der Waals surface area contributed by atoms with Crippen LogP contribution in [-0.4, -0.2) is 24.0 Å². The number of amides is 1. The molecule has 1 saturated carbocycles. The SMILES string of the molecule is CCC1(CNC(=O)c2cncc(C#CCN)c2)CC1. The molecule has 0 aromatic carbocycles. The molecule has 3 N–H and O–H groups in total. The molecule has 0 aliphatic heterocycles. The van der Waals surface area contributed by atoms with Crippen molar-refractivity contribution in [2.24, 2.45) is 11.1 Å². The van der Waals surface area contributed by atoms with Gasteiger partial charge in [0.25, 0.3) is 5.91 Å². The fourth-order valence-corrected chi connectivity index (χ4v) is 1.99. The minimum atomic E-state index is -0.0800. The van der Waals surface area contributed by atoms with E-state index in [1.54, 1.807) is 18.5 Å². The second-order valence-electron chi connectivity index (χ2n) is 5.00. The number of carbonyl (C=O) groups is 1. The number of hydrogen-bond acceptors (Lipinski definition) is 3. The number of pyridine rings is 1. The van der Waals surface area contributed by atoms with Crippen molar-refractivity contribution in [2.75, 3.05) is 13.1 Å². The van der Waals surface area contributed by atoms with Crippen LogP contribution in [-0.2, 0) is 0 Å². The Morgan fingerprint density at radius 3 is 2.95 bits per heavy atom. The van der Waals surface area contributed by atoms with Crippen LogP contribution in [0.1, 0.15) is 42.1 Å². The highest BCUT2D eigenvalue weighted by Crippen LogP contribution is 2.47. The molecule has 0 atom stereocenters. The molecule has 1 amide bonds. The Labute approximate surface area is 113 Å². The maximum atomic E-state index is 12.0. The van der Waals surface area contributed by atoms with Crippen molar-refractivity contribution in [1.82, 2.24) is 10.3 Å². The third-order valence-electron chi connectivity index (χ3n) is 3.67. The topological polar surface area (TPSA) is 68.0 Å². The van der Waals surface area contributed by atoms with Gasteiger partial charge in [0, 0.05) is 24.5 Å². The maximum Gasteiger partial charge on any atom is 0.252 e. The van der Waals surface area contributed by atoms with Crippen molar-refractivity contribution in [1.29, 1.82) is 0 Å². The molecular weight excluding hydrogens is 238 g/mol. The highest BCUT2D eigenvalue weighted by molar-refractivity contribution is 5.94. The molecule has 0 radical (unpaired) electrons. The average Bonchev–Trinajstić information content (AvgIpc) is 3.23. The smallest absolute Gasteiger partial charge is 0.252 e. The van der Waals surface area contributed by atoms with E-state index in [2.05, 4.69) is 29.1 Å². The van der Waals surface area contributed by atoms with Crippen molar-refractivity contribution in [3.63, 3.8) is 0 Å². The second-order valence-corrected chi connectivity index (χ2v) is 5.00. The largest absolute Gasteiger partial charge is 0.351 e. The molecule has 0 spiro atoms. The van der Waals surface area contributed by atoms with Crippen molar-refractivity contribution in [3.05, 3.63) is 29.6 Å². The standard InChI is InChI=1S/C15H19N3O/c1-2-15(5-6-15)11-18-14(19)13-8-12(4-3-7-16)9-17-10-13/h8-10H,2,5-7,11,16H2,1H3,(H,18,19). The van der Waals surface area contributed by atoms with Crippen molar-refractivity contribution >= 4 is 5.91 Å². The minimum Gasteiger partial charge on any atom is -0.351 e. The molecule has 100 valence electrons. The number of nitrogens with one attached hydrogen (secondary N) is 1. The summed E-state index contributed by atoms with van der Waals surface area (Å²) < 4.78 is 0. The zero-order chi connectivity index (χ0) is 13.7. The molecule has 1 aliphatic rings. The van der Waals surface area contributed by atoms with E-state index in [-0.39, 0.29) is 5.91 Å². The van der Waals surface area contributed by atoms with Crippen LogP contribution in [0.15, 0.2) is 18.5 Å². The van der Waals surface area contributed by atoms with Crippen LogP contribution < -0.4 is 11.1 Å². The summed E-state index contributed by atoms with van der Waals surface area (Å²) in [6.45, 7) is 3.22.